The molecule has 0 radical (unpaired) electrons. The Balaban J connectivity index is 1.71. The molecule has 0 aromatic heterocycles. The summed E-state index contributed by atoms with van der Waals surface area (Å²) in [6, 6.07) is 12.9. The fourth-order valence-corrected chi connectivity index (χ4v) is 3.34. The van der Waals surface area contributed by atoms with Crippen molar-refractivity contribution in [3.63, 3.8) is 0 Å². The van der Waals surface area contributed by atoms with Gasteiger partial charge in [-0.25, -0.2) is 8.78 Å². The molecule has 0 atom stereocenters. The molecule has 1 saturated carbocycles. The van der Waals surface area contributed by atoms with Gasteiger partial charge in [-0.15, -0.1) is 0 Å². The highest BCUT2D eigenvalue weighted by Crippen LogP contribution is 2.33. The van der Waals surface area contributed by atoms with Crippen molar-refractivity contribution in [3.05, 3.63) is 65.4 Å². The standard InChI is InChI=1S/C26H30F2N2O5/c27-24(28)17-35-20-11-9-19(10-12-20)16-22(26(33)29-13-14-31)30-25(32)21-5-1-2-6-23(21)34-15-3-4-18-7-8-18/h1-2,5-6,9-12,16,18,24,31H,3-4,7-8,13-15,17H2,(H,29,33)(H,30,32)/b22-16-. The predicted octanol–water partition coefficient (Wildman–Crippen LogP) is 3.78. The largest absolute Gasteiger partial charge is 0.493 e. The van der Waals surface area contributed by atoms with Crippen LogP contribution in [0, 0.1) is 5.92 Å². The maximum Gasteiger partial charge on any atom is 0.272 e. The Bertz CT molecular complexity index is 1010. The smallest absolute Gasteiger partial charge is 0.272 e. The molecule has 0 spiro atoms. The van der Waals surface area contributed by atoms with Crippen molar-refractivity contribution < 1.29 is 33.0 Å². The molecule has 1 fully saturated rings. The van der Waals surface area contributed by atoms with E-state index in [4.69, 9.17) is 14.6 Å². The minimum atomic E-state index is -2.59. The molecule has 0 unspecified atom stereocenters. The third-order valence-electron chi connectivity index (χ3n) is 5.30. The molecule has 0 bridgehead atoms. The van der Waals surface area contributed by atoms with Crippen LogP contribution in [0.3, 0.4) is 0 Å². The summed E-state index contributed by atoms with van der Waals surface area (Å²) in [6.45, 7) is -0.476. The molecular formula is C26H30F2N2O5. The summed E-state index contributed by atoms with van der Waals surface area (Å²) in [4.78, 5) is 25.7. The number of alkyl halides is 2. The molecule has 1 aliphatic rings. The van der Waals surface area contributed by atoms with Crippen LogP contribution in [-0.4, -0.2) is 49.7 Å². The van der Waals surface area contributed by atoms with Gasteiger partial charge < -0.3 is 25.2 Å². The Labute approximate surface area is 203 Å². The first-order chi connectivity index (χ1) is 17.0. The number of benzene rings is 2. The fourth-order valence-electron chi connectivity index (χ4n) is 3.34. The maximum atomic E-state index is 13.0. The predicted molar refractivity (Wildman–Crippen MR) is 127 cm³/mol. The number of carbonyl (C=O) groups is 2. The maximum absolute atomic E-state index is 13.0. The Morgan fingerprint density at radius 2 is 1.83 bits per heavy atom. The average Bonchev–Trinajstić information content (AvgIpc) is 3.69. The highest BCUT2D eigenvalue weighted by molar-refractivity contribution is 6.06. The van der Waals surface area contributed by atoms with Gasteiger partial charge in [-0.1, -0.05) is 37.1 Å². The number of aliphatic hydroxyl groups is 1. The zero-order valence-electron chi connectivity index (χ0n) is 19.3. The number of halogens is 2. The van der Waals surface area contributed by atoms with Gasteiger partial charge in [-0.3, -0.25) is 9.59 Å². The van der Waals surface area contributed by atoms with E-state index in [2.05, 4.69) is 10.6 Å². The number of amides is 2. The Hall–Kier alpha value is -3.46. The van der Waals surface area contributed by atoms with Gasteiger partial charge in [0, 0.05) is 6.54 Å². The number of hydrogen-bond acceptors (Lipinski definition) is 5. The van der Waals surface area contributed by atoms with Gasteiger partial charge in [-0.05, 0) is 54.7 Å². The van der Waals surface area contributed by atoms with Crippen molar-refractivity contribution in [3.8, 4) is 11.5 Å². The lowest BCUT2D eigenvalue weighted by molar-refractivity contribution is -0.117. The molecule has 3 N–H and O–H groups in total. The van der Waals surface area contributed by atoms with E-state index in [0.717, 1.165) is 18.8 Å². The molecule has 0 aliphatic heterocycles. The molecule has 1 aliphatic carbocycles. The number of nitrogens with one attached hydrogen (secondary N) is 2. The quantitative estimate of drug-likeness (QED) is 0.278. The topological polar surface area (TPSA) is 96.9 Å². The van der Waals surface area contributed by atoms with Crippen molar-refractivity contribution in [2.75, 3.05) is 26.4 Å². The summed E-state index contributed by atoms with van der Waals surface area (Å²) >= 11 is 0. The van der Waals surface area contributed by atoms with Crippen LogP contribution in [-0.2, 0) is 4.79 Å². The summed E-state index contributed by atoms with van der Waals surface area (Å²) in [7, 11) is 0. The van der Waals surface area contributed by atoms with Crippen molar-refractivity contribution in [2.24, 2.45) is 5.92 Å². The summed E-state index contributed by atoms with van der Waals surface area (Å²) in [6.07, 6.45) is 3.43. The number of hydrogen-bond donors (Lipinski definition) is 3. The van der Waals surface area contributed by atoms with E-state index < -0.39 is 24.8 Å². The molecule has 9 heteroatoms. The summed E-state index contributed by atoms with van der Waals surface area (Å²) in [5.74, 6) is 0.368. The highest BCUT2D eigenvalue weighted by atomic mass is 19.3. The molecule has 2 amide bonds. The van der Waals surface area contributed by atoms with E-state index in [0.29, 0.717) is 17.9 Å². The van der Waals surface area contributed by atoms with Crippen LogP contribution in [0.1, 0.15) is 41.6 Å². The lowest BCUT2D eigenvalue weighted by atomic mass is 10.1. The van der Waals surface area contributed by atoms with Crippen LogP contribution in [0.4, 0.5) is 8.78 Å². The van der Waals surface area contributed by atoms with Gasteiger partial charge in [0.2, 0.25) is 0 Å². The third-order valence-corrected chi connectivity index (χ3v) is 5.30. The second kappa shape index (κ2) is 13.4. The zero-order chi connectivity index (χ0) is 25.0. The minimum absolute atomic E-state index is 0.00709. The lowest BCUT2D eigenvalue weighted by Crippen LogP contribution is -2.36. The first-order valence-electron chi connectivity index (χ1n) is 11.6. The SMILES string of the molecule is O=C(NCCO)/C(=C/c1ccc(OCC(F)F)cc1)NC(=O)c1ccccc1OCCCC1CC1. The van der Waals surface area contributed by atoms with E-state index in [1.807, 2.05) is 0 Å². The molecule has 188 valence electrons. The summed E-state index contributed by atoms with van der Waals surface area (Å²) in [5.41, 5.74) is 0.775. The Kier molecular flexibility index (Phi) is 10.0. The monoisotopic (exact) mass is 488 g/mol. The van der Waals surface area contributed by atoms with Gasteiger partial charge in [0.15, 0.2) is 0 Å². The van der Waals surface area contributed by atoms with Crippen molar-refractivity contribution in [1.82, 2.24) is 10.6 Å². The van der Waals surface area contributed by atoms with E-state index in [1.165, 1.54) is 31.1 Å². The fraction of sp³-hybridized carbons (Fsp3) is 0.385. The minimum Gasteiger partial charge on any atom is -0.493 e. The van der Waals surface area contributed by atoms with Crippen LogP contribution in [0.5, 0.6) is 11.5 Å². The highest BCUT2D eigenvalue weighted by Gasteiger charge is 2.21. The number of para-hydroxylation sites is 1. The normalized spacial score (nSPS) is 13.4. The molecular weight excluding hydrogens is 458 g/mol. The Morgan fingerprint density at radius 3 is 2.51 bits per heavy atom. The summed E-state index contributed by atoms with van der Waals surface area (Å²) in [5, 5.41) is 14.2. The van der Waals surface area contributed by atoms with Gasteiger partial charge >= 0.3 is 0 Å². The number of rotatable bonds is 14. The second-order valence-corrected chi connectivity index (χ2v) is 8.19. The number of aliphatic hydroxyl groups excluding tert-OH is 1. The first-order valence-corrected chi connectivity index (χ1v) is 11.6. The van der Waals surface area contributed by atoms with Crippen molar-refractivity contribution >= 4 is 17.9 Å². The van der Waals surface area contributed by atoms with Crippen molar-refractivity contribution in [1.29, 1.82) is 0 Å². The average molecular weight is 489 g/mol. The molecule has 0 heterocycles. The number of carbonyl (C=O) groups excluding carboxylic acids is 2. The van der Waals surface area contributed by atoms with Gasteiger partial charge in [-0.2, -0.15) is 0 Å². The van der Waals surface area contributed by atoms with E-state index in [-0.39, 0.29) is 30.2 Å². The van der Waals surface area contributed by atoms with E-state index in [1.54, 1.807) is 36.4 Å². The van der Waals surface area contributed by atoms with Gasteiger partial charge in [0.05, 0.1) is 18.8 Å². The molecule has 2 aromatic carbocycles. The summed E-state index contributed by atoms with van der Waals surface area (Å²) < 4.78 is 35.4. The van der Waals surface area contributed by atoms with Crippen LogP contribution in [0.25, 0.3) is 6.08 Å². The number of ether oxygens (including phenoxy) is 2. The second-order valence-electron chi connectivity index (χ2n) is 8.19. The van der Waals surface area contributed by atoms with Gasteiger partial charge in [0.25, 0.3) is 18.2 Å². The zero-order valence-corrected chi connectivity index (χ0v) is 19.3. The van der Waals surface area contributed by atoms with Crippen LogP contribution < -0.4 is 20.1 Å². The van der Waals surface area contributed by atoms with Crippen LogP contribution in [0.15, 0.2) is 54.2 Å². The van der Waals surface area contributed by atoms with Crippen LogP contribution in [0.2, 0.25) is 0 Å². The first kappa shape index (κ1) is 26.2. The third kappa shape index (κ3) is 9.01. The Morgan fingerprint density at radius 1 is 1.09 bits per heavy atom. The molecule has 2 aromatic rings. The van der Waals surface area contributed by atoms with Gasteiger partial charge in [0.1, 0.15) is 23.8 Å². The van der Waals surface area contributed by atoms with E-state index in [9.17, 15) is 18.4 Å². The lowest BCUT2D eigenvalue weighted by Gasteiger charge is -2.14. The van der Waals surface area contributed by atoms with Crippen molar-refractivity contribution in [2.45, 2.75) is 32.1 Å². The molecule has 7 nitrogen and oxygen atoms in total. The molecule has 3 rings (SSSR count). The van der Waals surface area contributed by atoms with Crippen LogP contribution >= 0.6 is 0 Å². The molecule has 35 heavy (non-hydrogen) atoms. The molecule has 0 saturated heterocycles. The van der Waals surface area contributed by atoms with E-state index >= 15 is 0 Å².